The quantitative estimate of drug-likeness (QED) is 0.568. The van der Waals surface area contributed by atoms with Crippen LogP contribution in [-0.4, -0.2) is 4.98 Å². The van der Waals surface area contributed by atoms with Crippen LogP contribution in [-0.2, 0) is 26.2 Å². The zero-order valence-electron chi connectivity index (χ0n) is 3.83. The second-order valence-corrected chi connectivity index (χ2v) is 1.02. The number of hydrogen-bond donors (Lipinski definition) is 0. The summed E-state index contributed by atoms with van der Waals surface area (Å²) in [6.07, 6.45) is 3.50. The molecule has 1 aromatic rings. The molecule has 0 radical (unpaired) electrons. The van der Waals surface area contributed by atoms with Crippen LogP contribution in [0.2, 0.25) is 0 Å². The van der Waals surface area contributed by atoms with Crippen molar-refractivity contribution in [3.8, 4) is 0 Å². The third kappa shape index (κ3) is 2.70. The molecular formula is C5H5NZr+4. The van der Waals surface area contributed by atoms with Gasteiger partial charge in [0.15, 0.2) is 0 Å². The van der Waals surface area contributed by atoms with Gasteiger partial charge in [0.2, 0.25) is 0 Å². The molecule has 0 amide bonds. The zero-order valence-corrected chi connectivity index (χ0v) is 6.29. The van der Waals surface area contributed by atoms with Gasteiger partial charge >= 0.3 is 26.2 Å². The number of hydrogen-bond acceptors (Lipinski definition) is 1. The van der Waals surface area contributed by atoms with Gasteiger partial charge in [0, 0.05) is 12.4 Å². The van der Waals surface area contributed by atoms with Crippen LogP contribution >= 0.6 is 0 Å². The number of rotatable bonds is 0. The van der Waals surface area contributed by atoms with Crippen molar-refractivity contribution in [2.75, 3.05) is 0 Å². The van der Waals surface area contributed by atoms with Crippen LogP contribution in [0.4, 0.5) is 0 Å². The maximum absolute atomic E-state index is 3.78. The molecule has 0 aliphatic rings. The van der Waals surface area contributed by atoms with E-state index in [1.54, 1.807) is 12.4 Å². The largest absolute Gasteiger partial charge is 4.00 e. The van der Waals surface area contributed by atoms with E-state index in [0.717, 1.165) is 0 Å². The molecule has 0 aliphatic heterocycles. The molecule has 0 spiro atoms. The van der Waals surface area contributed by atoms with Gasteiger partial charge in [-0.15, -0.1) is 0 Å². The fourth-order valence-corrected chi connectivity index (χ4v) is 0.313. The molecule has 0 aromatic carbocycles. The van der Waals surface area contributed by atoms with Gasteiger partial charge in [0.05, 0.1) is 0 Å². The molecule has 1 aromatic heterocycles. The van der Waals surface area contributed by atoms with E-state index in [0.29, 0.717) is 0 Å². The van der Waals surface area contributed by atoms with Gasteiger partial charge in [0.25, 0.3) is 0 Å². The van der Waals surface area contributed by atoms with Crippen LogP contribution in [0.15, 0.2) is 30.6 Å². The molecule has 30 valence electrons. The summed E-state index contributed by atoms with van der Waals surface area (Å²) in [5.74, 6) is 0. The average Bonchev–Trinajstić information content (AvgIpc) is 1.72. The summed E-state index contributed by atoms with van der Waals surface area (Å²) >= 11 is 0. The Balaban J connectivity index is 0.000000360. The molecule has 0 saturated carbocycles. The van der Waals surface area contributed by atoms with Gasteiger partial charge in [-0.1, -0.05) is 6.07 Å². The summed E-state index contributed by atoms with van der Waals surface area (Å²) in [5, 5.41) is 0. The van der Waals surface area contributed by atoms with Gasteiger partial charge in [-0.3, -0.25) is 4.98 Å². The Bertz CT molecular complexity index is 80.0. The Morgan fingerprint density at radius 3 is 1.57 bits per heavy atom. The van der Waals surface area contributed by atoms with Gasteiger partial charge in [0.1, 0.15) is 0 Å². The van der Waals surface area contributed by atoms with Crippen molar-refractivity contribution in [1.29, 1.82) is 0 Å². The van der Waals surface area contributed by atoms with Crippen molar-refractivity contribution < 1.29 is 26.2 Å². The van der Waals surface area contributed by atoms with Crippen LogP contribution in [0.25, 0.3) is 0 Å². The Kier molecular flexibility index (Phi) is 4.22. The maximum Gasteiger partial charge on any atom is 4.00 e. The van der Waals surface area contributed by atoms with E-state index in [9.17, 15) is 0 Å². The van der Waals surface area contributed by atoms with Crippen molar-refractivity contribution >= 4 is 0 Å². The molecule has 1 nitrogen and oxygen atoms in total. The number of nitrogens with zero attached hydrogens (tertiary/aromatic N) is 1. The van der Waals surface area contributed by atoms with Gasteiger partial charge in [-0.05, 0) is 12.1 Å². The van der Waals surface area contributed by atoms with Crippen molar-refractivity contribution in [3.63, 3.8) is 0 Å². The zero-order chi connectivity index (χ0) is 4.24. The summed E-state index contributed by atoms with van der Waals surface area (Å²) in [6, 6.07) is 5.72. The van der Waals surface area contributed by atoms with Crippen LogP contribution in [0.1, 0.15) is 0 Å². The fourth-order valence-electron chi connectivity index (χ4n) is 0.313. The van der Waals surface area contributed by atoms with Crippen LogP contribution in [0.5, 0.6) is 0 Å². The van der Waals surface area contributed by atoms with Crippen LogP contribution in [0, 0.1) is 0 Å². The number of pyridine rings is 1. The van der Waals surface area contributed by atoms with Crippen LogP contribution in [0.3, 0.4) is 0 Å². The van der Waals surface area contributed by atoms with E-state index in [1.165, 1.54) is 0 Å². The second kappa shape index (κ2) is 4.20. The van der Waals surface area contributed by atoms with Gasteiger partial charge in [-0.2, -0.15) is 0 Å². The third-order valence-corrected chi connectivity index (χ3v) is 0.566. The summed E-state index contributed by atoms with van der Waals surface area (Å²) in [5.41, 5.74) is 0. The third-order valence-electron chi connectivity index (χ3n) is 0.566. The molecule has 2 heteroatoms. The smallest absolute Gasteiger partial charge is 0.265 e. The second-order valence-electron chi connectivity index (χ2n) is 1.02. The average molecular weight is 170 g/mol. The molecule has 0 N–H and O–H groups in total. The molecule has 0 aliphatic carbocycles. The Morgan fingerprint density at radius 1 is 0.857 bits per heavy atom. The maximum atomic E-state index is 3.78. The predicted octanol–water partition coefficient (Wildman–Crippen LogP) is 1.08. The van der Waals surface area contributed by atoms with E-state index in [-0.39, 0.29) is 26.2 Å². The molecule has 0 unspecified atom stereocenters. The molecule has 1 rings (SSSR count). The van der Waals surface area contributed by atoms with E-state index >= 15 is 0 Å². The van der Waals surface area contributed by atoms with Gasteiger partial charge < -0.3 is 0 Å². The minimum Gasteiger partial charge on any atom is -0.265 e. The molecule has 0 atom stereocenters. The predicted molar refractivity (Wildman–Crippen MR) is 24.2 cm³/mol. The molecule has 0 bridgehead atoms. The first-order valence-corrected chi connectivity index (χ1v) is 1.85. The Labute approximate surface area is 61.9 Å². The minimum absolute atomic E-state index is 0. The van der Waals surface area contributed by atoms with E-state index in [2.05, 4.69) is 4.98 Å². The summed E-state index contributed by atoms with van der Waals surface area (Å²) < 4.78 is 0. The van der Waals surface area contributed by atoms with Crippen molar-refractivity contribution in [3.05, 3.63) is 30.6 Å². The fraction of sp³-hybridized carbons (Fsp3) is 0. The van der Waals surface area contributed by atoms with E-state index < -0.39 is 0 Å². The summed E-state index contributed by atoms with van der Waals surface area (Å²) in [7, 11) is 0. The van der Waals surface area contributed by atoms with E-state index in [4.69, 9.17) is 0 Å². The molecule has 0 saturated heterocycles. The van der Waals surface area contributed by atoms with Gasteiger partial charge in [-0.25, -0.2) is 0 Å². The standard InChI is InChI=1S/C5H5N.Zr/c1-2-4-6-5-3-1;/h1-5H;/q;+4. The van der Waals surface area contributed by atoms with Crippen LogP contribution < -0.4 is 0 Å². The molecule has 0 fully saturated rings. The Morgan fingerprint density at radius 2 is 1.43 bits per heavy atom. The summed E-state index contributed by atoms with van der Waals surface area (Å²) in [4.78, 5) is 3.78. The first-order chi connectivity index (χ1) is 3.00. The molecule has 7 heavy (non-hydrogen) atoms. The normalized spacial score (nSPS) is 6.86. The van der Waals surface area contributed by atoms with Crippen molar-refractivity contribution in [2.24, 2.45) is 0 Å². The first-order valence-electron chi connectivity index (χ1n) is 1.85. The van der Waals surface area contributed by atoms with Crippen molar-refractivity contribution in [2.45, 2.75) is 0 Å². The van der Waals surface area contributed by atoms with E-state index in [1.807, 2.05) is 18.2 Å². The summed E-state index contributed by atoms with van der Waals surface area (Å²) in [6.45, 7) is 0. The molecule has 1 heterocycles. The minimum atomic E-state index is 0. The number of aromatic nitrogens is 1. The van der Waals surface area contributed by atoms with Crippen molar-refractivity contribution in [1.82, 2.24) is 4.98 Å². The Hall–Kier alpha value is 0.0331. The monoisotopic (exact) mass is 169 g/mol. The molecular weight excluding hydrogens is 165 g/mol. The first kappa shape index (κ1) is 7.03. The topological polar surface area (TPSA) is 12.9 Å². The SMILES string of the molecule is [Zr+4].c1ccncc1.